The van der Waals surface area contributed by atoms with Gasteiger partial charge in [0.25, 0.3) is 11.8 Å². The van der Waals surface area contributed by atoms with Crippen LogP contribution in [0.3, 0.4) is 0 Å². The van der Waals surface area contributed by atoms with Gasteiger partial charge in [0, 0.05) is 46.4 Å². The molecule has 0 radical (unpaired) electrons. The Balaban J connectivity index is 1.61. The Labute approximate surface area is 213 Å². The van der Waals surface area contributed by atoms with Crippen molar-refractivity contribution in [2.75, 3.05) is 0 Å². The summed E-state index contributed by atoms with van der Waals surface area (Å²) in [5, 5.41) is 21.4. The SMILES string of the molecule is CCn1cc(C2=C(c3cn(CO)c4ccccc34)C(=O)N(Cc3ccc(O)cc3)C2=O)c2ccccc21. The number of para-hydroxylation sites is 2. The molecule has 3 heterocycles. The lowest BCUT2D eigenvalue weighted by atomic mass is 9.95. The van der Waals surface area contributed by atoms with Gasteiger partial charge in [-0.05, 0) is 36.8 Å². The number of aliphatic hydroxyl groups excluding tert-OH is 1. The van der Waals surface area contributed by atoms with Crippen molar-refractivity contribution in [3.8, 4) is 5.75 Å². The summed E-state index contributed by atoms with van der Waals surface area (Å²) in [5.41, 5.74) is 4.49. The fourth-order valence-electron chi connectivity index (χ4n) is 5.27. The van der Waals surface area contributed by atoms with Gasteiger partial charge >= 0.3 is 0 Å². The van der Waals surface area contributed by atoms with E-state index in [0.717, 1.165) is 27.4 Å². The van der Waals surface area contributed by atoms with Crippen molar-refractivity contribution in [3.63, 3.8) is 0 Å². The van der Waals surface area contributed by atoms with E-state index in [1.165, 1.54) is 4.90 Å². The third-order valence-corrected chi connectivity index (χ3v) is 7.05. The van der Waals surface area contributed by atoms with Gasteiger partial charge in [-0.3, -0.25) is 14.5 Å². The number of fused-ring (bicyclic) bond motifs is 2. The lowest BCUT2D eigenvalue weighted by Crippen LogP contribution is -2.30. The van der Waals surface area contributed by atoms with Crippen molar-refractivity contribution >= 4 is 44.8 Å². The van der Waals surface area contributed by atoms with E-state index in [1.807, 2.05) is 61.7 Å². The topological polar surface area (TPSA) is 87.7 Å². The number of carbonyl (C=O) groups excluding carboxylic acids is 2. The highest BCUT2D eigenvalue weighted by molar-refractivity contribution is 6.50. The molecule has 0 saturated carbocycles. The van der Waals surface area contributed by atoms with Gasteiger partial charge in [-0.25, -0.2) is 0 Å². The monoisotopic (exact) mass is 491 g/mol. The number of aryl methyl sites for hydroxylation is 1. The van der Waals surface area contributed by atoms with E-state index in [4.69, 9.17) is 0 Å². The Hall–Kier alpha value is -4.62. The molecule has 0 atom stereocenters. The van der Waals surface area contributed by atoms with Crippen molar-refractivity contribution in [1.29, 1.82) is 0 Å². The van der Waals surface area contributed by atoms with Crippen LogP contribution in [0.1, 0.15) is 23.6 Å². The quantitative estimate of drug-likeness (QED) is 0.336. The van der Waals surface area contributed by atoms with Crippen molar-refractivity contribution in [2.24, 2.45) is 0 Å². The molecule has 184 valence electrons. The number of phenolic OH excluding ortho intramolecular Hbond substituents is 1. The zero-order chi connectivity index (χ0) is 25.7. The number of aromatic hydroxyl groups is 1. The second kappa shape index (κ2) is 8.80. The highest BCUT2D eigenvalue weighted by Crippen LogP contribution is 2.42. The summed E-state index contributed by atoms with van der Waals surface area (Å²) in [4.78, 5) is 29.4. The Morgan fingerprint density at radius 3 is 1.76 bits per heavy atom. The summed E-state index contributed by atoms with van der Waals surface area (Å²) in [6.45, 7) is 2.58. The maximum Gasteiger partial charge on any atom is 0.262 e. The molecular weight excluding hydrogens is 466 g/mol. The van der Waals surface area contributed by atoms with Gasteiger partial charge in [0.15, 0.2) is 0 Å². The third kappa shape index (κ3) is 3.55. The van der Waals surface area contributed by atoms with E-state index in [2.05, 4.69) is 4.57 Å². The minimum Gasteiger partial charge on any atom is -0.508 e. The first-order valence-electron chi connectivity index (χ1n) is 12.2. The molecule has 2 amide bonds. The lowest BCUT2D eigenvalue weighted by Gasteiger charge is -2.15. The summed E-state index contributed by atoms with van der Waals surface area (Å²) >= 11 is 0. The van der Waals surface area contributed by atoms with E-state index in [9.17, 15) is 19.8 Å². The maximum absolute atomic E-state index is 14.1. The Kier molecular flexibility index (Phi) is 5.43. The van der Waals surface area contributed by atoms with E-state index in [0.29, 0.717) is 28.8 Å². The van der Waals surface area contributed by atoms with Crippen molar-refractivity contribution in [1.82, 2.24) is 14.0 Å². The van der Waals surface area contributed by atoms with E-state index < -0.39 is 0 Å². The molecular formula is C30H25N3O4. The molecule has 0 unspecified atom stereocenters. The third-order valence-electron chi connectivity index (χ3n) is 7.05. The predicted octanol–water partition coefficient (Wildman–Crippen LogP) is 4.75. The van der Waals surface area contributed by atoms with Crippen molar-refractivity contribution in [3.05, 3.63) is 102 Å². The second-order valence-corrected chi connectivity index (χ2v) is 9.13. The van der Waals surface area contributed by atoms with Crippen LogP contribution in [0.4, 0.5) is 0 Å². The zero-order valence-corrected chi connectivity index (χ0v) is 20.3. The van der Waals surface area contributed by atoms with Gasteiger partial charge in [-0.2, -0.15) is 0 Å². The number of rotatable bonds is 6. The molecule has 37 heavy (non-hydrogen) atoms. The van der Waals surface area contributed by atoms with Crippen molar-refractivity contribution in [2.45, 2.75) is 26.7 Å². The van der Waals surface area contributed by atoms with Crippen LogP contribution in [0, 0.1) is 0 Å². The van der Waals surface area contributed by atoms with Crippen molar-refractivity contribution < 1.29 is 19.8 Å². The van der Waals surface area contributed by atoms with E-state index in [1.54, 1.807) is 35.0 Å². The van der Waals surface area contributed by atoms with Gasteiger partial charge < -0.3 is 19.3 Å². The number of benzene rings is 3. The molecule has 1 aliphatic rings. The molecule has 0 fully saturated rings. The lowest BCUT2D eigenvalue weighted by molar-refractivity contribution is -0.136. The van der Waals surface area contributed by atoms with Gasteiger partial charge in [0.1, 0.15) is 12.5 Å². The van der Waals surface area contributed by atoms with Crippen LogP contribution in [-0.4, -0.2) is 36.1 Å². The molecule has 1 aliphatic heterocycles. The zero-order valence-electron chi connectivity index (χ0n) is 20.3. The van der Waals surface area contributed by atoms with Crippen LogP contribution in [0.5, 0.6) is 5.75 Å². The molecule has 0 bridgehead atoms. The minimum atomic E-state index is -0.387. The first-order chi connectivity index (χ1) is 18.0. The summed E-state index contributed by atoms with van der Waals surface area (Å²) in [6, 6.07) is 21.9. The number of carbonyl (C=O) groups is 2. The molecule has 2 N–H and O–H groups in total. The number of hydrogen-bond acceptors (Lipinski definition) is 4. The number of aromatic nitrogens is 2. The molecule has 0 aliphatic carbocycles. The first-order valence-corrected chi connectivity index (χ1v) is 12.2. The fourth-order valence-corrected chi connectivity index (χ4v) is 5.27. The van der Waals surface area contributed by atoms with Crippen LogP contribution < -0.4 is 0 Å². The first kappa shape index (κ1) is 22.8. The largest absolute Gasteiger partial charge is 0.508 e. The molecule has 7 nitrogen and oxygen atoms in total. The van der Waals surface area contributed by atoms with Gasteiger partial charge in [-0.15, -0.1) is 0 Å². The average Bonchev–Trinajstić information content (AvgIpc) is 3.55. The maximum atomic E-state index is 14.1. The number of phenols is 1. The van der Waals surface area contributed by atoms with Gasteiger partial charge in [0.2, 0.25) is 0 Å². The smallest absolute Gasteiger partial charge is 0.262 e. The van der Waals surface area contributed by atoms with E-state index >= 15 is 0 Å². The van der Waals surface area contributed by atoms with E-state index in [-0.39, 0.29) is 30.8 Å². The molecule has 5 aromatic rings. The minimum absolute atomic E-state index is 0.0794. The number of nitrogens with zero attached hydrogens (tertiary/aromatic N) is 3. The molecule has 7 heteroatoms. The van der Waals surface area contributed by atoms with Crippen LogP contribution >= 0.6 is 0 Å². The number of amides is 2. The van der Waals surface area contributed by atoms with Crippen LogP contribution in [0.2, 0.25) is 0 Å². The molecule has 0 spiro atoms. The van der Waals surface area contributed by atoms with Crippen LogP contribution in [0.15, 0.2) is 85.2 Å². The highest BCUT2D eigenvalue weighted by atomic mass is 16.3. The summed E-state index contributed by atoms with van der Waals surface area (Å²) in [5.74, 6) is -0.637. The summed E-state index contributed by atoms with van der Waals surface area (Å²) in [6.07, 6.45) is 3.69. The standard InChI is InChI=1S/C30H25N3O4/c1-2-31-16-23(21-7-3-5-9-25(21)31)27-28(24-17-32(18-34)26-10-6-4-8-22(24)26)30(37)33(29(27)36)15-19-11-13-20(35)14-12-19/h3-14,16-17,34-35H,2,15,18H2,1H3. The Morgan fingerprint density at radius 1 is 0.703 bits per heavy atom. The summed E-state index contributed by atoms with van der Waals surface area (Å²) in [7, 11) is 0. The van der Waals surface area contributed by atoms with Crippen LogP contribution in [0.25, 0.3) is 33.0 Å². The molecule has 6 rings (SSSR count). The van der Waals surface area contributed by atoms with Gasteiger partial charge in [-0.1, -0.05) is 48.5 Å². The molecule has 3 aromatic carbocycles. The number of imide groups is 1. The number of aliphatic hydroxyl groups is 1. The second-order valence-electron chi connectivity index (χ2n) is 9.13. The number of hydrogen-bond donors (Lipinski definition) is 2. The molecule has 0 saturated heterocycles. The predicted molar refractivity (Wildman–Crippen MR) is 142 cm³/mol. The fraction of sp³-hybridized carbons (Fsp3) is 0.133. The molecule has 2 aromatic heterocycles. The average molecular weight is 492 g/mol. The highest BCUT2D eigenvalue weighted by Gasteiger charge is 2.41. The Morgan fingerprint density at radius 2 is 1.22 bits per heavy atom. The summed E-state index contributed by atoms with van der Waals surface area (Å²) < 4.78 is 3.75. The van der Waals surface area contributed by atoms with Crippen LogP contribution in [-0.2, 0) is 29.4 Å². The Bertz CT molecular complexity index is 1620. The normalized spacial score (nSPS) is 14.1. The van der Waals surface area contributed by atoms with Gasteiger partial charge in [0.05, 0.1) is 23.2 Å².